The number of nitrogens with zero attached hydrogens (tertiary/aromatic N) is 3. The number of aryl methyl sites for hydroxylation is 1. The first-order valence-electron chi connectivity index (χ1n) is 10.7. The van der Waals surface area contributed by atoms with Gasteiger partial charge < -0.3 is 24.7 Å². The van der Waals surface area contributed by atoms with Gasteiger partial charge in [0.1, 0.15) is 5.60 Å². The predicted molar refractivity (Wildman–Crippen MR) is 137 cm³/mol. The highest BCUT2D eigenvalue weighted by Gasteiger charge is 2.26. The lowest BCUT2D eigenvalue weighted by molar-refractivity contribution is -0.147. The van der Waals surface area contributed by atoms with E-state index in [4.69, 9.17) is 21.2 Å². The summed E-state index contributed by atoms with van der Waals surface area (Å²) in [6, 6.07) is 3.26. The summed E-state index contributed by atoms with van der Waals surface area (Å²) in [6.45, 7) is 8.19. The number of halogens is 1. The molecule has 16 heteroatoms. The number of benzene rings is 1. The highest BCUT2D eigenvalue weighted by Crippen LogP contribution is 2.23. The van der Waals surface area contributed by atoms with Gasteiger partial charge in [0.15, 0.2) is 0 Å². The third kappa shape index (κ3) is 8.42. The minimum Gasteiger partial charge on any atom is -0.541 e. The van der Waals surface area contributed by atoms with E-state index >= 15 is 0 Å². The number of aliphatic carboxylic acids is 1. The Labute approximate surface area is 222 Å². The Morgan fingerprint density at radius 2 is 1.92 bits per heavy atom. The minimum absolute atomic E-state index is 0.0553. The molecule has 0 aliphatic heterocycles. The number of carbonyl (C=O) groups is 4. The van der Waals surface area contributed by atoms with Gasteiger partial charge in [0.05, 0.1) is 17.1 Å². The van der Waals surface area contributed by atoms with Crippen LogP contribution in [0.2, 0.25) is 5.02 Å². The first kappa shape index (κ1) is 29.5. The molecular weight excluding hydrogens is 529 g/mol. The smallest absolute Gasteiger partial charge is 0.414 e. The molecule has 0 radical (unpaired) electrons. The second-order valence-electron chi connectivity index (χ2n) is 8.49. The van der Waals surface area contributed by atoms with Crippen LogP contribution >= 0.6 is 23.1 Å². The topological polar surface area (TPSA) is 178 Å². The van der Waals surface area contributed by atoms with Gasteiger partial charge in [0.2, 0.25) is 22.8 Å². The quantitative estimate of drug-likeness (QED) is 0.236. The van der Waals surface area contributed by atoms with Crippen molar-refractivity contribution < 1.29 is 38.5 Å². The molecule has 0 aliphatic carbocycles. The van der Waals surface area contributed by atoms with Crippen LogP contribution in [-0.4, -0.2) is 70.4 Å². The number of oxime groups is 1. The molecule has 3 N–H and O–H groups in total. The fourth-order valence-electron chi connectivity index (χ4n) is 2.59. The monoisotopic (exact) mass is 553 g/mol. The Balaban J connectivity index is 2.16. The van der Waals surface area contributed by atoms with Crippen LogP contribution in [0, 0.1) is 13.8 Å². The summed E-state index contributed by atoms with van der Waals surface area (Å²) in [5.74, 6) is -3.49. The van der Waals surface area contributed by atoms with Crippen LogP contribution in [0.5, 0.6) is 0 Å². The number of ether oxygens (including phenoxy) is 1. The van der Waals surface area contributed by atoms with E-state index in [2.05, 4.69) is 29.8 Å². The van der Waals surface area contributed by atoms with Crippen LogP contribution in [0.3, 0.4) is 0 Å². The van der Waals surface area contributed by atoms with E-state index in [1.54, 1.807) is 33.8 Å². The molecule has 2 aromatic rings. The third-order valence-corrected chi connectivity index (χ3v) is 5.65. The largest absolute Gasteiger partial charge is 0.541 e. The summed E-state index contributed by atoms with van der Waals surface area (Å²) in [5.41, 5.74) is 0.280. The fourth-order valence-corrected chi connectivity index (χ4v) is 3.44. The maximum atomic E-state index is 12.6. The van der Waals surface area contributed by atoms with E-state index in [-0.39, 0.29) is 15.7 Å². The van der Waals surface area contributed by atoms with Crippen molar-refractivity contribution in [3.05, 3.63) is 39.7 Å². The van der Waals surface area contributed by atoms with Crippen molar-refractivity contribution in [2.24, 2.45) is 5.16 Å². The number of hydrogen-bond acceptors (Lipinski definition) is 11. The number of aromatic nitrogens is 2. The molecule has 13 nitrogen and oxygen atoms in total. The van der Waals surface area contributed by atoms with Gasteiger partial charge in [-0.05, 0) is 51.8 Å². The highest BCUT2D eigenvalue weighted by molar-refractivity contribution is 7.10. The van der Waals surface area contributed by atoms with Crippen molar-refractivity contribution in [3.63, 3.8) is 0 Å². The lowest BCUT2D eigenvalue weighted by Gasteiger charge is -2.18. The Morgan fingerprint density at radius 3 is 2.51 bits per heavy atom. The molecule has 1 unspecified atom stereocenters. The molecule has 198 valence electrons. The number of hydrogen-bond donors (Lipinski definition) is 3. The first-order valence-corrected chi connectivity index (χ1v) is 11.8. The Kier molecular flexibility index (Phi) is 9.97. The Bertz CT molecular complexity index is 1230. The molecule has 1 heterocycles. The zero-order valence-corrected chi connectivity index (χ0v) is 22.4. The second kappa shape index (κ2) is 12.5. The lowest BCUT2D eigenvalue weighted by Crippen LogP contribution is -2.39. The van der Waals surface area contributed by atoms with Crippen LogP contribution < -0.4 is 10.6 Å². The van der Waals surface area contributed by atoms with Gasteiger partial charge >= 0.3 is 26.1 Å². The second-order valence-corrected chi connectivity index (χ2v) is 9.62. The summed E-state index contributed by atoms with van der Waals surface area (Å²) in [4.78, 5) is 57.3. The summed E-state index contributed by atoms with van der Waals surface area (Å²) in [5, 5.41) is 18.0. The third-order valence-electron chi connectivity index (χ3n) is 4.53. The number of carboxylic acid groups (broad SMARTS) is 1. The molecule has 2 amide bonds. The van der Waals surface area contributed by atoms with Crippen LogP contribution in [0.15, 0.2) is 17.3 Å². The molecular formula is C21H25BClN5O8S. The standard InChI is InChI=1S/C21H25BClN5O8S/c1-9-6-7-11(13(23)10(9)2)16(29)24-8-12(18(32)35-22)36-27-14(17(30)31)15-25-19(37-28-15)26-20(33)34-21(3,4)5/h6-7,12H,8,22H2,1-5H3,(H,24,29)(H,30,31)(H,25,26,28,33)/b27-14-. The van der Waals surface area contributed by atoms with E-state index in [1.165, 1.54) is 6.07 Å². The SMILES string of the molecule is BOC(=O)C(CNC(=O)c1ccc(C)c(C)c1Cl)O/N=C(\C(=O)O)c1nsc(NC(=O)OC(C)(C)C)n1. The maximum absolute atomic E-state index is 12.6. The molecule has 1 aromatic carbocycles. The van der Waals surface area contributed by atoms with Crippen molar-refractivity contribution in [1.29, 1.82) is 0 Å². The molecule has 1 atom stereocenters. The highest BCUT2D eigenvalue weighted by atomic mass is 35.5. The van der Waals surface area contributed by atoms with Crippen molar-refractivity contribution in [3.8, 4) is 0 Å². The van der Waals surface area contributed by atoms with E-state index in [0.717, 1.165) is 19.2 Å². The maximum Gasteiger partial charge on any atom is 0.414 e. The zero-order valence-electron chi connectivity index (χ0n) is 20.9. The molecule has 37 heavy (non-hydrogen) atoms. The van der Waals surface area contributed by atoms with Crippen molar-refractivity contribution in [2.45, 2.75) is 46.3 Å². The number of carbonyl (C=O) groups excluding carboxylic acids is 3. The number of anilines is 1. The Morgan fingerprint density at radius 1 is 1.24 bits per heavy atom. The van der Waals surface area contributed by atoms with Gasteiger partial charge in [-0.1, -0.05) is 22.8 Å². The van der Waals surface area contributed by atoms with Gasteiger partial charge in [-0.25, -0.2) is 14.4 Å². The average Bonchev–Trinajstić information content (AvgIpc) is 3.25. The summed E-state index contributed by atoms with van der Waals surface area (Å²) < 4.78 is 13.6. The number of carboxylic acids is 1. The van der Waals surface area contributed by atoms with Gasteiger partial charge in [0.25, 0.3) is 5.91 Å². The van der Waals surface area contributed by atoms with E-state index < -0.39 is 53.7 Å². The number of rotatable bonds is 9. The van der Waals surface area contributed by atoms with E-state index in [1.807, 2.05) is 6.92 Å². The van der Waals surface area contributed by atoms with Crippen LogP contribution in [0.4, 0.5) is 9.93 Å². The normalized spacial score (nSPS) is 12.3. The van der Waals surface area contributed by atoms with Gasteiger partial charge in [-0.15, -0.1) is 0 Å². The van der Waals surface area contributed by atoms with Gasteiger partial charge in [0, 0.05) is 11.5 Å². The van der Waals surface area contributed by atoms with E-state index in [0.29, 0.717) is 11.5 Å². The van der Waals surface area contributed by atoms with Crippen molar-refractivity contribution >= 4 is 66.0 Å². The number of nitrogens with one attached hydrogen (secondary N) is 2. The predicted octanol–water partition coefficient (Wildman–Crippen LogP) is 1.85. The fraction of sp³-hybridized carbons (Fsp3) is 0.381. The molecule has 0 saturated heterocycles. The minimum atomic E-state index is -1.57. The van der Waals surface area contributed by atoms with Gasteiger partial charge in [-0.3, -0.25) is 10.1 Å². The summed E-state index contributed by atoms with van der Waals surface area (Å²) in [6.07, 6.45) is -2.32. The van der Waals surface area contributed by atoms with Crippen LogP contribution in [-0.2, 0) is 23.8 Å². The number of amides is 2. The molecule has 1 aromatic heterocycles. The molecule has 0 bridgehead atoms. The van der Waals surface area contributed by atoms with Gasteiger partial charge in [-0.2, -0.15) is 9.36 Å². The first-order chi connectivity index (χ1) is 17.2. The zero-order chi connectivity index (χ0) is 27.9. The average molecular weight is 554 g/mol. The van der Waals surface area contributed by atoms with E-state index in [9.17, 15) is 24.3 Å². The molecule has 0 aliphatic rings. The summed E-state index contributed by atoms with van der Waals surface area (Å²) in [7, 11) is 1.08. The molecule has 2 rings (SSSR count). The van der Waals surface area contributed by atoms with Crippen molar-refractivity contribution in [1.82, 2.24) is 14.7 Å². The molecule has 0 spiro atoms. The van der Waals surface area contributed by atoms with Crippen LogP contribution in [0.25, 0.3) is 0 Å². The Hall–Kier alpha value is -3.72. The molecule has 0 saturated carbocycles. The lowest BCUT2D eigenvalue weighted by atomic mass is 10.1. The molecule has 0 fully saturated rings. The summed E-state index contributed by atoms with van der Waals surface area (Å²) >= 11 is 6.93. The van der Waals surface area contributed by atoms with Crippen LogP contribution in [0.1, 0.15) is 48.1 Å². The van der Waals surface area contributed by atoms with Crippen molar-refractivity contribution in [2.75, 3.05) is 11.9 Å².